The van der Waals surface area contributed by atoms with Crippen molar-refractivity contribution in [2.24, 2.45) is 0 Å². The number of hydrogen-bond donors (Lipinski definition) is 0. The van der Waals surface area contributed by atoms with E-state index in [0.717, 1.165) is 27.5 Å². The second-order valence-electron chi connectivity index (χ2n) is 5.95. The highest BCUT2D eigenvalue weighted by molar-refractivity contribution is 6.11. The molecule has 0 aromatic heterocycles. The normalized spacial score (nSPS) is 12.7. The van der Waals surface area contributed by atoms with Gasteiger partial charge in [0, 0.05) is 10.9 Å². The van der Waals surface area contributed by atoms with Crippen molar-refractivity contribution < 1.29 is 23.7 Å². The van der Waals surface area contributed by atoms with Gasteiger partial charge in [-0.05, 0) is 28.6 Å². The summed E-state index contributed by atoms with van der Waals surface area (Å²) in [7, 11) is 4.78. The molecule has 132 valence electrons. The molecule has 0 bridgehead atoms. The van der Waals surface area contributed by atoms with E-state index in [1.165, 1.54) is 0 Å². The number of fused-ring (bicyclic) bond motifs is 2. The summed E-state index contributed by atoms with van der Waals surface area (Å²) in [6, 6.07) is 13.6. The minimum Gasteiger partial charge on any atom is -0.495 e. The maximum atomic E-state index is 12.3. The lowest BCUT2D eigenvalue weighted by Gasteiger charge is -2.16. The Bertz CT molecular complexity index is 1020. The van der Waals surface area contributed by atoms with Crippen molar-refractivity contribution in [3.63, 3.8) is 0 Å². The van der Waals surface area contributed by atoms with E-state index in [9.17, 15) is 4.79 Å². The first-order valence-corrected chi connectivity index (χ1v) is 8.20. The van der Waals surface area contributed by atoms with Crippen LogP contribution in [-0.4, -0.2) is 27.3 Å². The van der Waals surface area contributed by atoms with Crippen molar-refractivity contribution >= 4 is 16.7 Å². The molecule has 0 unspecified atom stereocenters. The molecule has 0 spiro atoms. The third-order valence-corrected chi connectivity index (χ3v) is 4.70. The molecule has 5 nitrogen and oxygen atoms in total. The Morgan fingerprint density at radius 1 is 0.846 bits per heavy atom. The van der Waals surface area contributed by atoms with Crippen molar-refractivity contribution in [2.75, 3.05) is 21.3 Å². The molecule has 0 N–H and O–H groups in total. The highest BCUT2D eigenvalue weighted by Gasteiger charge is 2.31. The first-order chi connectivity index (χ1) is 12.7. The number of hydrogen-bond acceptors (Lipinski definition) is 5. The van der Waals surface area contributed by atoms with Crippen molar-refractivity contribution in [1.29, 1.82) is 0 Å². The Morgan fingerprint density at radius 2 is 1.58 bits per heavy atom. The second kappa shape index (κ2) is 6.26. The van der Waals surface area contributed by atoms with Gasteiger partial charge in [-0.1, -0.05) is 30.3 Å². The maximum Gasteiger partial charge on any atom is 0.342 e. The molecule has 1 aliphatic rings. The standard InChI is InChI=1S/C21H18O5/c1-23-16-9-8-12(10-17(16)24-2)18-13-6-4-5-7-14(13)20(25-3)19-15(18)11-26-21(19)22/h4-10H,11H2,1-3H3. The fraction of sp³-hybridized carbons (Fsp3) is 0.190. The Labute approximate surface area is 151 Å². The predicted octanol–water partition coefficient (Wildman–Crippen LogP) is 4.20. The van der Waals surface area contributed by atoms with Crippen LogP contribution in [0.2, 0.25) is 0 Å². The van der Waals surface area contributed by atoms with Crippen molar-refractivity contribution in [3.05, 3.63) is 53.6 Å². The summed E-state index contributed by atoms with van der Waals surface area (Å²) in [5.74, 6) is 1.48. The van der Waals surface area contributed by atoms with Crippen molar-refractivity contribution in [3.8, 4) is 28.4 Å². The van der Waals surface area contributed by atoms with Crippen LogP contribution >= 0.6 is 0 Å². The van der Waals surface area contributed by atoms with Gasteiger partial charge in [0.1, 0.15) is 17.9 Å². The van der Waals surface area contributed by atoms with E-state index in [0.29, 0.717) is 22.8 Å². The third kappa shape index (κ3) is 2.28. The number of rotatable bonds is 4. The molecule has 1 heterocycles. The van der Waals surface area contributed by atoms with Crippen LogP contribution in [0.25, 0.3) is 21.9 Å². The van der Waals surface area contributed by atoms with Gasteiger partial charge in [-0.15, -0.1) is 0 Å². The van der Waals surface area contributed by atoms with Crippen LogP contribution in [0.3, 0.4) is 0 Å². The number of carbonyl (C=O) groups is 1. The summed E-state index contributed by atoms with van der Waals surface area (Å²) < 4.78 is 21.7. The molecule has 0 aliphatic carbocycles. The summed E-state index contributed by atoms with van der Waals surface area (Å²) in [4.78, 5) is 12.3. The van der Waals surface area contributed by atoms with Crippen molar-refractivity contribution in [1.82, 2.24) is 0 Å². The first kappa shape index (κ1) is 16.3. The predicted molar refractivity (Wildman–Crippen MR) is 98.2 cm³/mol. The lowest BCUT2D eigenvalue weighted by molar-refractivity contribution is 0.0533. The van der Waals surface area contributed by atoms with Gasteiger partial charge in [-0.25, -0.2) is 4.79 Å². The van der Waals surface area contributed by atoms with Gasteiger partial charge < -0.3 is 18.9 Å². The van der Waals surface area contributed by atoms with E-state index in [-0.39, 0.29) is 12.6 Å². The zero-order valence-electron chi connectivity index (χ0n) is 14.8. The van der Waals surface area contributed by atoms with E-state index in [4.69, 9.17) is 18.9 Å². The van der Waals surface area contributed by atoms with Crippen LogP contribution in [0, 0.1) is 0 Å². The van der Waals surface area contributed by atoms with Gasteiger partial charge >= 0.3 is 5.97 Å². The molecule has 1 aliphatic heterocycles. The van der Waals surface area contributed by atoms with Gasteiger partial charge in [0.25, 0.3) is 0 Å². The summed E-state index contributed by atoms with van der Waals surface area (Å²) in [6.45, 7) is 0.221. The fourth-order valence-electron chi connectivity index (χ4n) is 3.56. The lowest BCUT2D eigenvalue weighted by atomic mass is 9.89. The smallest absolute Gasteiger partial charge is 0.342 e. The Morgan fingerprint density at radius 3 is 2.27 bits per heavy atom. The molecule has 26 heavy (non-hydrogen) atoms. The monoisotopic (exact) mass is 350 g/mol. The number of methoxy groups -OCH3 is 3. The first-order valence-electron chi connectivity index (χ1n) is 8.20. The molecular formula is C21H18O5. The van der Waals surface area contributed by atoms with Crippen LogP contribution in [0.1, 0.15) is 15.9 Å². The van der Waals surface area contributed by atoms with Crippen molar-refractivity contribution in [2.45, 2.75) is 6.61 Å². The SMILES string of the molecule is COc1ccc(-c2c3c(c(OC)c4ccccc24)C(=O)OC3)cc1OC. The van der Waals surface area contributed by atoms with E-state index >= 15 is 0 Å². The summed E-state index contributed by atoms with van der Waals surface area (Å²) >= 11 is 0. The van der Waals surface area contributed by atoms with Gasteiger partial charge in [0.15, 0.2) is 11.5 Å². The Balaban J connectivity index is 2.10. The maximum absolute atomic E-state index is 12.3. The Hall–Kier alpha value is -3.21. The number of esters is 1. The van der Waals surface area contributed by atoms with Crippen LogP contribution < -0.4 is 14.2 Å². The molecule has 3 aromatic rings. The minimum absolute atomic E-state index is 0.221. The molecule has 0 saturated carbocycles. The minimum atomic E-state index is -0.357. The number of carbonyl (C=O) groups excluding carboxylic acids is 1. The number of benzene rings is 3. The molecule has 0 amide bonds. The summed E-state index contributed by atoms with van der Waals surface area (Å²) in [5, 5.41) is 1.87. The van der Waals surface area contributed by atoms with Crippen LogP contribution in [0.4, 0.5) is 0 Å². The summed E-state index contributed by atoms with van der Waals surface area (Å²) in [5.41, 5.74) is 3.20. The zero-order valence-corrected chi connectivity index (χ0v) is 14.8. The largest absolute Gasteiger partial charge is 0.495 e. The number of ether oxygens (including phenoxy) is 4. The highest BCUT2D eigenvalue weighted by atomic mass is 16.5. The van der Waals surface area contributed by atoms with Crippen LogP contribution in [0.15, 0.2) is 42.5 Å². The van der Waals surface area contributed by atoms with E-state index in [2.05, 4.69) is 0 Å². The van der Waals surface area contributed by atoms with E-state index < -0.39 is 0 Å². The lowest BCUT2D eigenvalue weighted by Crippen LogP contribution is -2.01. The summed E-state index contributed by atoms with van der Waals surface area (Å²) in [6.07, 6.45) is 0. The van der Waals surface area contributed by atoms with E-state index in [1.807, 2.05) is 42.5 Å². The molecule has 0 atom stereocenters. The van der Waals surface area contributed by atoms with E-state index in [1.54, 1.807) is 21.3 Å². The molecule has 0 radical (unpaired) electrons. The second-order valence-corrected chi connectivity index (χ2v) is 5.95. The topological polar surface area (TPSA) is 54.0 Å². The fourth-order valence-corrected chi connectivity index (χ4v) is 3.56. The molecule has 5 heteroatoms. The molecule has 4 rings (SSSR count). The highest BCUT2D eigenvalue weighted by Crippen LogP contribution is 2.45. The zero-order chi connectivity index (χ0) is 18.3. The van der Waals surface area contributed by atoms with Gasteiger partial charge in [-0.3, -0.25) is 0 Å². The quantitative estimate of drug-likeness (QED) is 0.660. The number of cyclic esters (lactones) is 1. The Kier molecular flexibility index (Phi) is 3.92. The average Bonchev–Trinajstić information content (AvgIpc) is 3.06. The van der Waals surface area contributed by atoms with Gasteiger partial charge in [-0.2, -0.15) is 0 Å². The third-order valence-electron chi connectivity index (χ3n) is 4.70. The molecule has 3 aromatic carbocycles. The van der Waals surface area contributed by atoms with Crippen LogP contribution in [-0.2, 0) is 11.3 Å². The molecule has 0 saturated heterocycles. The van der Waals surface area contributed by atoms with Crippen LogP contribution in [0.5, 0.6) is 17.2 Å². The molecule has 0 fully saturated rings. The van der Waals surface area contributed by atoms with Gasteiger partial charge in [0.2, 0.25) is 0 Å². The average molecular weight is 350 g/mol. The van der Waals surface area contributed by atoms with Gasteiger partial charge in [0.05, 0.1) is 21.3 Å². The molecular weight excluding hydrogens is 332 g/mol.